The summed E-state index contributed by atoms with van der Waals surface area (Å²) in [5, 5.41) is 10.6. The van der Waals surface area contributed by atoms with E-state index in [1.54, 1.807) is 6.92 Å². The lowest BCUT2D eigenvalue weighted by Gasteiger charge is -2.29. The number of carbonyl (C=O) groups is 1. The molecule has 7 nitrogen and oxygen atoms in total. The van der Waals surface area contributed by atoms with Crippen molar-refractivity contribution in [1.29, 1.82) is 0 Å². The molecule has 3 rings (SSSR count). The fourth-order valence-corrected chi connectivity index (χ4v) is 3.26. The van der Waals surface area contributed by atoms with E-state index >= 15 is 0 Å². The van der Waals surface area contributed by atoms with Gasteiger partial charge in [0, 0.05) is 23.2 Å². The quantitative estimate of drug-likeness (QED) is 0.436. The first-order valence-corrected chi connectivity index (χ1v) is 8.51. The predicted octanol–water partition coefficient (Wildman–Crippen LogP) is 2.93. The minimum atomic E-state index is -0.410. The summed E-state index contributed by atoms with van der Waals surface area (Å²) in [5.41, 5.74) is 13.3. The van der Waals surface area contributed by atoms with Crippen molar-refractivity contribution in [2.24, 2.45) is 27.1 Å². The highest BCUT2D eigenvalue weighted by molar-refractivity contribution is 6.09. The summed E-state index contributed by atoms with van der Waals surface area (Å²) in [7, 11) is 0. The van der Waals surface area contributed by atoms with E-state index < -0.39 is 5.91 Å². The lowest BCUT2D eigenvalue weighted by Crippen LogP contribution is -2.27. The van der Waals surface area contributed by atoms with Gasteiger partial charge < -0.3 is 21.2 Å². The normalized spacial score (nSPS) is 16.7. The molecule has 5 N–H and O–H groups in total. The lowest BCUT2D eigenvalue weighted by molar-refractivity contribution is 0.0993. The maximum absolute atomic E-state index is 13.0. The third-order valence-electron chi connectivity index (χ3n) is 4.39. The maximum Gasteiger partial charge on any atom is 0.291 e. The molecule has 1 heterocycles. The highest BCUT2D eigenvalue weighted by atomic mass is 19.1. The number of nitrogens with zero attached hydrogens (tertiary/aromatic N) is 2. The smallest absolute Gasteiger partial charge is 0.291 e. The van der Waals surface area contributed by atoms with Gasteiger partial charge in [0.25, 0.3) is 5.91 Å². The van der Waals surface area contributed by atoms with Crippen molar-refractivity contribution in [1.82, 2.24) is 0 Å². The van der Waals surface area contributed by atoms with Crippen molar-refractivity contribution < 1.29 is 13.6 Å². The molecule has 0 unspecified atom stereocenters. The molecule has 1 aromatic heterocycles. The summed E-state index contributed by atoms with van der Waals surface area (Å²) < 4.78 is 18.9. The fourth-order valence-electron chi connectivity index (χ4n) is 3.26. The largest absolute Gasteiger partial charge is 0.455 e. The van der Waals surface area contributed by atoms with Crippen molar-refractivity contribution in [3.63, 3.8) is 0 Å². The number of nitrogens with one attached hydrogen (secondary N) is 1. The van der Waals surface area contributed by atoms with Gasteiger partial charge in [-0.25, -0.2) is 4.39 Å². The summed E-state index contributed by atoms with van der Waals surface area (Å²) in [4.78, 5) is 12.7. The summed E-state index contributed by atoms with van der Waals surface area (Å²) in [6.07, 6.45) is 1.31. The Hall–Kier alpha value is -3.16. The molecule has 0 aliphatic heterocycles. The van der Waals surface area contributed by atoms with Crippen LogP contribution in [0.3, 0.4) is 0 Å². The van der Waals surface area contributed by atoms with Gasteiger partial charge in [-0.3, -0.25) is 4.79 Å². The maximum atomic E-state index is 13.0. The first-order chi connectivity index (χ1) is 12.7. The highest BCUT2D eigenvalue weighted by Gasteiger charge is 2.36. The molecular weight excluding hydrogens is 349 g/mol. The Morgan fingerprint density at radius 2 is 1.89 bits per heavy atom. The number of anilines is 1. The van der Waals surface area contributed by atoms with Gasteiger partial charge in [-0.05, 0) is 43.0 Å². The standard InChI is InChI=1S/C19H22FN5O2/c1-10-15-13(24-25-18(21)22)8-19(2,3)9-14(15)27-16(10)17(26)23-12-6-4-11(20)5-7-12/h4-7H,8-9H2,1-3H3,(H,23,26)(H4,21,22,25)/b24-13-. The molecule has 0 spiro atoms. The van der Waals surface area contributed by atoms with Crippen molar-refractivity contribution >= 4 is 23.3 Å². The Morgan fingerprint density at radius 3 is 2.52 bits per heavy atom. The van der Waals surface area contributed by atoms with Crippen molar-refractivity contribution in [3.8, 4) is 0 Å². The van der Waals surface area contributed by atoms with Crippen LogP contribution in [0.2, 0.25) is 0 Å². The Labute approximate surface area is 156 Å². The first kappa shape index (κ1) is 18.6. The van der Waals surface area contributed by atoms with E-state index in [0.29, 0.717) is 35.6 Å². The summed E-state index contributed by atoms with van der Waals surface area (Å²) in [6, 6.07) is 5.52. The van der Waals surface area contributed by atoms with Crippen LogP contribution in [-0.4, -0.2) is 17.6 Å². The second-order valence-corrected chi connectivity index (χ2v) is 7.40. The average Bonchev–Trinajstić information content (AvgIpc) is 2.90. The number of nitrogens with two attached hydrogens (primary N) is 2. The Bertz CT molecular complexity index is 938. The Morgan fingerprint density at radius 1 is 1.22 bits per heavy atom. The van der Waals surface area contributed by atoms with E-state index in [4.69, 9.17) is 15.9 Å². The SMILES string of the molecule is Cc1c(C(=O)Nc2ccc(F)cc2)oc2c1/C(=N\N=C(N)N)CC(C)(C)C2. The molecule has 8 heteroatoms. The van der Waals surface area contributed by atoms with Gasteiger partial charge in [-0.1, -0.05) is 13.8 Å². The van der Waals surface area contributed by atoms with Crippen LogP contribution in [0.25, 0.3) is 0 Å². The molecule has 0 radical (unpaired) electrons. The lowest BCUT2D eigenvalue weighted by atomic mass is 9.75. The number of fused-ring (bicyclic) bond motifs is 1. The van der Waals surface area contributed by atoms with Gasteiger partial charge in [0.1, 0.15) is 11.6 Å². The average molecular weight is 371 g/mol. The molecule has 2 aromatic rings. The molecule has 1 aromatic carbocycles. The molecule has 0 saturated heterocycles. The van der Waals surface area contributed by atoms with Crippen LogP contribution in [0.1, 0.15) is 47.7 Å². The van der Waals surface area contributed by atoms with E-state index in [0.717, 1.165) is 5.56 Å². The van der Waals surface area contributed by atoms with E-state index in [2.05, 4.69) is 29.4 Å². The highest BCUT2D eigenvalue weighted by Crippen LogP contribution is 2.39. The third kappa shape index (κ3) is 3.99. The molecule has 1 aliphatic rings. The molecule has 0 atom stereocenters. The zero-order chi connectivity index (χ0) is 19.8. The number of rotatable bonds is 3. The number of hydrogen-bond donors (Lipinski definition) is 3. The van der Waals surface area contributed by atoms with Crippen LogP contribution in [0.15, 0.2) is 38.9 Å². The molecule has 1 amide bonds. The van der Waals surface area contributed by atoms with Gasteiger partial charge in [-0.15, -0.1) is 5.10 Å². The number of furan rings is 1. The molecular formula is C19H22FN5O2. The van der Waals surface area contributed by atoms with Crippen molar-refractivity contribution in [3.05, 3.63) is 52.7 Å². The Kier molecular flexibility index (Phi) is 4.73. The van der Waals surface area contributed by atoms with Crippen LogP contribution < -0.4 is 16.8 Å². The van der Waals surface area contributed by atoms with E-state index in [1.165, 1.54) is 24.3 Å². The summed E-state index contributed by atoms with van der Waals surface area (Å²) in [5.74, 6) is -0.0483. The number of carbonyl (C=O) groups excluding carboxylic acids is 1. The summed E-state index contributed by atoms with van der Waals surface area (Å²) in [6.45, 7) is 5.96. The molecule has 0 saturated carbocycles. The number of guanidine groups is 1. The molecule has 0 bridgehead atoms. The molecule has 0 fully saturated rings. The Balaban J connectivity index is 1.98. The van der Waals surface area contributed by atoms with Crippen LogP contribution in [0, 0.1) is 18.2 Å². The fraction of sp³-hybridized carbons (Fsp3) is 0.316. The van der Waals surface area contributed by atoms with E-state index in [9.17, 15) is 9.18 Å². The second-order valence-electron chi connectivity index (χ2n) is 7.40. The van der Waals surface area contributed by atoms with Gasteiger partial charge in [0.05, 0.1) is 5.71 Å². The minimum absolute atomic E-state index is 0.111. The van der Waals surface area contributed by atoms with Crippen LogP contribution in [0.5, 0.6) is 0 Å². The number of hydrogen-bond acceptors (Lipinski definition) is 4. The number of halogens is 1. The number of benzene rings is 1. The van der Waals surface area contributed by atoms with Crippen LogP contribution >= 0.6 is 0 Å². The summed E-state index contributed by atoms with van der Waals surface area (Å²) >= 11 is 0. The van der Waals surface area contributed by atoms with Gasteiger partial charge in [0.15, 0.2) is 5.76 Å². The van der Waals surface area contributed by atoms with Gasteiger partial charge in [0.2, 0.25) is 5.96 Å². The van der Waals surface area contributed by atoms with E-state index in [1.807, 2.05) is 0 Å². The monoisotopic (exact) mass is 371 g/mol. The second kappa shape index (κ2) is 6.86. The van der Waals surface area contributed by atoms with Crippen LogP contribution in [0.4, 0.5) is 10.1 Å². The third-order valence-corrected chi connectivity index (χ3v) is 4.39. The molecule has 142 valence electrons. The number of amides is 1. The van der Waals surface area contributed by atoms with E-state index in [-0.39, 0.29) is 23.0 Å². The minimum Gasteiger partial charge on any atom is -0.455 e. The molecule has 1 aliphatic carbocycles. The van der Waals surface area contributed by atoms with Crippen molar-refractivity contribution in [2.45, 2.75) is 33.6 Å². The van der Waals surface area contributed by atoms with Crippen LogP contribution in [-0.2, 0) is 6.42 Å². The first-order valence-electron chi connectivity index (χ1n) is 8.51. The predicted molar refractivity (Wildman–Crippen MR) is 102 cm³/mol. The zero-order valence-corrected chi connectivity index (χ0v) is 15.5. The van der Waals surface area contributed by atoms with Gasteiger partial charge in [-0.2, -0.15) is 5.10 Å². The zero-order valence-electron chi connectivity index (χ0n) is 15.5. The van der Waals surface area contributed by atoms with Gasteiger partial charge >= 0.3 is 0 Å². The molecule has 27 heavy (non-hydrogen) atoms. The topological polar surface area (TPSA) is 119 Å². The van der Waals surface area contributed by atoms with Crippen molar-refractivity contribution in [2.75, 3.05) is 5.32 Å².